The lowest BCUT2D eigenvalue weighted by atomic mass is 10.0. The van der Waals surface area contributed by atoms with Crippen LogP contribution < -0.4 is 5.73 Å². The van der Waals surface area contributed by atoms with Gasteiger partial charge in [0.25, 0.3) is 0 Å². The molecule has 0 aliphatic rings. The maximum atomic E-state index is 9.32. The van der Waals surface area contributed by atoms with E-state index in [9.17, 15) is 5.11 Å². The van der Waals surface area contributed by atoms with Crippen LogP contribution in [-0.2, 0) is 0 Å². The molecule has 0 fully saturated rings. The van der Waals surface area contributed by atoms with Crippen molar-refractivity contribution >= 4 is 23.2 Å². The van der Waals surface area contributed by atoms with Crippen molar-refractivity contribution in [3.63, 3.8) is 0 Å². The molecule has 0 radical (unpaired) electrons. The molecule has 0 saturated carbocycles. The Hall–Kier alpha value is -0.700. The van der Waals surface area contributed by atoms with Crippen LogP contribution in [-0.4, -0.2) is 5.11 Å². The molecule has 0 aliphatic heterocycles. The van der Waals surface area contributed by atoms with E-state index in [1.807, 2.05) is 0 Å². The standard InChI is InChI=1S/C10H11Cl2NO/c1-2-3-9(13)6-4-7(11)10(14)8(12)5-6/h2,4-5,9,14H,1,3,13H2/t9-/m1/s1. The van der Waals surface area contributed by atoms with Gasteiger partial charge < -0.3 is 10.8 Å². The lowest BCUT2D eigenvalue weighted by Crippen LogP contribution is -2.08. The average molecular weight is 232 g/mol. The van der Waals surface area contributed by atoms with Gasteiger partial charge in [-0.05, 0) is 24.1 Å². The summed E-state index contributed by atoms with van der Waals surface area (Å²) >= 11 is 11.5. The largest absolute Gasteiger partial charge is 0.505 e. The number of rotatable bonds is 3. The molecule has 14 heavy (non-hydrogen) atoms. The zero-order chi connectivity index (χ0) is 10.7. The third kappa shape index (κ3) is 2.41. The Bertz CT molecular complexity index is 329. The fourth-order valence-corrected chi connectivity index (χ4v) is 1.62. The summed E-state index contributed by atoms with van der Waals surface area (Å²) in [6.07, 6.45) is 2.36. The van der Waals surface area contributed by atoms with Gasteiger partial charge in [-0.2, -0.15) is 0 Å². The van der Waals surface area contributed by atoms with Gasteiger partial charge in [-0.25, -0.2) is 0 Å². The summed E-state index contributed by atoms with van der Waals surface area (Å²) in [5.41, 5.74) is 6.61. The first-order valence-corrected chi connectivity index (χ1v) is 4.86. The third-order valence-corrected chi connectivity index (χ3v) is 2.46. The lowest BCUT2D eigenvalue weighted by Gasteiger charge is -2.11. The molecule has 1 rings (SSSR count). The van der Waals surface area contributed by atoms with Gasteiger partial charge in [0.1, 0.15) is 0 Å². The molecule has 0 saturated heterocycles. The SMILES string of the molecule is C=CC[C@@H](N)c1cc(Cl)c(O)c(Cl)c1. The quantitative estimate of drug-likeness (QED) is 0.785. The van der Waals surface area contributed by atoms with Crippen LogP contribution in [0.25, 0.3) is 0 Å². The Kier molecular flexibility index (Phi) is 3.81. The molecule has 1 aromatic carbocycles. The van der Waals surface area contributed by atoms with Gasteiger partial charge in [-0.15, -0.1) is 6.58 Å². The average Bonchev–Trinajstić information content (AvgIpc) is 2.13. The van der Waals surface area contributed by atoms with Gasteiger partial charge in [0.15, 0.2) is 5.75 Å². The van der Waals surface area contributed by atoms with E-state index in [1.165, 1.54) is 0 Å². The smallest absolute Gasteiger partial charge is 0.152 e. The molecule has 2 nitrogen and oxygen atoms in total. The molecular formula is C10H11Cl2NO. The van der Waals surface area contributed by atoms with Gasteiger partial charge in [0.2, 0.25) is 0 Å². The summed E-state index contributed by atoms with van der Waals surface area (Å²) in [4.78, 5) is 0. The van der Waals surface area contributed by atoms with Crippen LogP contribution in [0.2, 0.25) is 10.0 Å². The van der Waals surface area contributed by atoms with E-state index >= 15 is 0 Å². The Morgan fingerprint density at radius 3 is 2.36 bits per heavy atom. The predicted molar refractivity (Wildman–Crippen MR) is 59.9 cm³/mol. The highest BCUT2D eigenvalue weighted by Crippen LogP contribution is 2.34. The van der Waals surface area contributed by atoms with Crippen molar-refractivity contribution in [2.24, 2.45) is 5.73 Å². The number of aromatic hydroxyl groups is 1. The third-order valence-electron chi connectivity index (χ3n) is 1.89. The molecule has 76 valence electrons. The van der Waals surface area contributed by atoms with Crippen molar-refractivity contribution in [2.45, 2.75) is 12.5 Å². The Morgan fingerprint density at radius 2 is 1.93 bits per heavy atom. The molecule has 1 aromatic rings. The summed E-state index contributed by atoms with van der Waals surface area (Å²) in [5.74, 6) is -0.108. The fourth-order valence-electron chi connectivity index (χ4n) is 1.11. The summed E-state index contributed by atoms with van der Waals surface area (Å²) in [6.45, 7) is 3.59. The first kappa shape index (κ1) is 11.4. The van der Waals surface area contributed by atoms with Gasteiger partial charge in [0, 0.05) is 6.04 Å². The highest BCUT2D eigenvalue weighted by molar-refractivity contribution is 6.37. The summed E-state index contributed by atoms with van der Waals surface area (Å²) < 4.78 is 0. The van der Waals surface area contributed by atoms with Crippen LogP contribution in [0.1, 0.15) is 18.0 Å². The number of benzene rings is 1. The van der Waals surface area contributed by atoms with Crippen molar-refractivity contribution in [1.29, 1.82) is 0 Å². The van der Waals surface area contributed by atoms with Gasteiger partial charge in [-0.3, -0.25) is 0 Å². The molecule has 0 amide bonds. The molecule has 0 unspecified atom stereocenters. The molecule has 4 heteroatoms. The second kappa shape index (κ2) is 4.69. The first-order valence-electron chi connectivity index (χ1n) is 4.10. The second-order valence-corrected chi connectivity index (χ2v) is 3.78. The summed E-state index contributed by atoms with van der Waals surface area (Å²) in [7, 11) is 0. The van der Waals surface area contributed by atoms with Gasteiger partial charge in [-0.1, -0.05) is 29.3 Å². The zero-order valence-electron chi connectivity index (χ0n) is 7.50. The van der Waals surface area contributed by atoms with Crippen LogP contribution in [0.5, 0.6) is 5.75 Å². The van der Waals surface area contributed by atoms with Crippen LogP contribution in [0, 0.1) is 0 Å². The minimum absolute atomic E-state index is 0.108. The molecule has 0 spiro atoms. The predicted octanol–water partition coefficient (Wildman–Crippen LogP) is 3.27. The summed E-state index contributed by atoms with van der Waals surface area (Å²) in [5, 5.41) is 9.75. The maximum Gasteiger partial charge on any atom is 0.152 e. The minimum Gasteiger partial charge on any atom is -0.505 e. The number of hydrogen-bond acceptors (Lipinski definition) is 2. The Labute approximate surface area is 92.9 Å². The first-order chi connectivity index (χ1) is 6.56. The monoisotopic (exact) mass is 231 g/mol. The number of halogens is 2. The number of phenols is 1. The van der Waals surface area contributed by atoms with E-state index in [2.05, 4.69) is 6.58 Å². The molecule has 0 bridgehead atoms. The van der Waals surface area contributed by atoms with E-state index in [-0.39, 0.29) is 21.8 Å². The Morgan fingerprint density at radius 1 is 1.43 bits per heavy atom. The number of phenolic OH excluding ortho intramolecular Hbond substituents is 1. The number of hydrogen-bond donors (Lipinski definition) is 2. The van der Waals surface area contributed by atoms with Crippen LogP contribution in [0.15, 0.2) is 24.8 Å². The van der Waals surface area contributed by atoms with Crippen LogP contribution >= 0.6 is 23.2 Å². The van der Waals surface area contributed by atoms with E-state index in [1.54, 1.807) is 18.2 Å². The molecule has 0 aliphatic carbocycles. The topological polar surface area (TPSA) is 46.2 Å². The van der Waals surface area contributed by atoms with Crippen molar-refractivity contribution in [3.8, 4) is 5.75 Å². The fraction of sp³-hybridized carbons (Fsp3) is 0.200. The molecule has 0 heterocycles. The second-order valence-electron chi connectivity index (χ2n) is 2.96. The van der Waals surface area contributed by atoms with Crippen molar-refractivity contribution in [2.75, 3.05) is 0 Å². The van der Waals surface area contributed by atoms with Crippen molar-refractivity contribution < 1.29 is 5.11 Å². The van der Waals surface area contributed by atoms with Gasteiger partial charge >= 0.3 is 0 Å². The van der Waals surface area contributed by atoms with E-state index < -0.39 is 0 Å². The van der Waals surface area contributed by atoms with E-state index in [0.29, 0.717) is 6.42 Å². The minimum atomic E-state index is -0.192. The highest BCUT2D eigenvalue weighted by atomic mass is 35.5. The normalized spacial score (nSPS) is 12.5. The lowest BCUT2D eigenvalue weighted by molar-refractivity contribution is 0.475. The molecule has 1 atom stereocenters. The molecule has 0 aromatic heterocycles. The van der Waals surface area contributed by atoms with Crippen LogP contribution in [0.4, 0.5) is 0 Å². The van der Waals surface area contributed by atoms with Crippen molar-refractivity contribution in [1.82, 2.24) is 0 Å². The zero-order valence-corrected chi connectivity index (χ0v) is 9.02. The summed E-state index contributed by atoms with van der Waals surface area (Å²) in [6, 6.07) is 3.02. The Balaban J connectivity index is 3.05. The molecular weight excluding hydrogens is 221 g/mol. The van der Waals surface area contributed by atoms with Gasteiger partial charge in [0.05, 0.1) is 10.0 Å². The van der Waals surface area contributed by atoms with E-state index in [0.717, 1.165) is 5.56 Å². The van der Waals surface area contributed by atoms with Crippen molar-refractivity contribution in [3.05, 3.63) is 40.4 Å². The van der Waals surface area contributed by atoms with Crippen LogP contribution in [0.3, 0.4) is 0 Å². The van der Waals surface area contributed by atoms with E-state index in [4.69, 9.17) is 28.9 Å². The molecule has 3 N–H and O–H groups in total. The maximum absolute atomic E-state index is 9.32. The number of nitrogens with two attached hydrogens (primary N) is 1. The highest BCUT2D eigenvalue weighted by Gasteiger charge is 2.10.